The Morgan fingerprint density at radius 3 is 2.41 bits per heavy atom. The molecule has 0 saturated heterocycles. The number of nitro benzene ring substituents is 1. The van der Waals surface area contributed by atoms with Crippen LogP contribution in [0.15, 0.2) is 47.4 Å². The average Bonchev–Trinajstić information content (AvgIpc) is 2.62. The first-order valence-corrected chi connectivity index (χ1v) is 9.68. The molecule has 0 N–H and O–H groups in total. The smallest absolute Gasteiger partial charge is 0.326 e. The predicted octanol–water partition coefficient (Wildman–Crippen LogP) is 3.32. The summed E-state index contributed by atoms with van der Waals surface area (Å²) in [7, 11) is -4.20. The van der Waals surface area contributed by atoms with E-state index in [-0.39, 0.29) is 22.9 Å². The van der Waals surface area contributed by atoms with Crippen molar-refractivity contribution in [2.45, 2.75) is 18.7 Å². The van der Waals surface area contributed by atoms with Gasteiger partial charge in [-0.2, -0.15) is 0 Å². The number of benzene rings is 2. The number of halogens is 1. The average molecular weight is 413 g/mol. The van der Waals surface area contributed by atoms with E-state index in [1.807, 2.05) is 0 Å². The number of rotatable bonds is 7. The fraction of sp³-hybridized carbons (Fsp3) is 0.235. The summed E-state index contributed by atoms with van der Waals surface area (Å²) in [5, 5.41) is 11.1. The van der Waals surface area contributed by atoms with Crippen LogP contribution in [0.5, 0.6) is 0 Å². The second-order valence-electron chi connectivity index (χ2n) is 5.45. The van der Waals surface area contributed by atoms with E-state index >= 15 is 0 Å². The van der Waals surface area contributed by atoms with Crippen LogP contribution in [-0.2, 0) is 19.6 Å². The topological polar surface area (TPSA) is 107 Å². The molecule has 0 amide bonds. The van der Waals surface area contributed by atoms with Gasteiger partial charge >= 0.3 is 5.97 Å². The van der Waals surface area contributed by atoms with Crippen LogP contribution in [-0.4, -0.2) is 32.5 Å². The Labute approximate surface area is 161 Å². The number of hydrogen-bond donors (Lipinski definition) is 0. The molecule has 144 valence electrons. The fourth-order valence-corrected chi connectivity index (χ4v) is 3.99. The molecule has 0 unspecified atom stereocenters. The molecule has 0 aromatic heterocycles. The van der Waals surface area contributed by atoms with E-state index in [1.165, 1.54) is 6.07 Å². The molecule has 10 heteroatoms. The van der Waals surface area contributed by atoms with Gasteiger partial charge in [-0.25, -0.2) is 8.42 Å². The summed E-state index contributed by atoms with van der Waals surface area (Å²) >= 11 is 6.09. The number of anilines is 1. The number of carbonyl (C=O) groups excluding carboxylic acids is 1. The van der Waals surface area contributed by atoms with E-state index < -0.39 is 27.5 Å². The van der Waals surface area contributed by atoms with E-state index in [2.05, 4.69) is 0 Å². The van der Waals surface area contributed by atoms with Gasteiger partial charge in [-0.15, -0.1) is 0 Å². The van der Waals surface area contributed by atoms with Gasteiger partial charge in [0.1, 0.15) is 6.54 Å². The van der Waals surface area contributed by atoms with Crippen LogP contribution in [0.25, 0.3) is 0 Å². The molecule has 0 saturated carbocycles. The van der Waals surface area contributed by atoms with Crippen molar-refractivity contribution in [1.29, 1.82) is 0 Å². The molecule has 2 aromatic carbocycles. The number of nitro groups is 1. The van der Waals surface area contributed by atoms with Crippen LogP contribution in [0.2, 0.25) is 5.02 Å². The van der Waals surface area contributed by atoms with Gasteiger partial charge in [-0.3, -0.25) is 19.2 Å². The minimum atomic E-state index is -4.20. The van der Waals surface area contributed by atoms with Gasteiger partial charge in [-0.1, -0.05) is 17.7 Å². The second kappa shape index (κ2) is 8.36. The first kappa shape index (κ1) is 20.7. The molecule has 0 aliphatic carbocycles. The molecule has 0 spiro atoms. The summed E-state index contributed by atoms with van der Waals surface area (Å²) in [6.45, 7) is 2.77. The maximum atomic E-state index is 13.1. The Morgan fingerprint density at radius 1 is 1.22 bits per heavy atom. The van der Waals surface area contributed by atoms with Crippen LogP contribution in [0.3, 0.4) is 0 Å². The summed E-state index contributed by atoms with van der Waals surface area (Å²) in [4.78, 5) is 22.0. The zero-order valence-corrected chi connectivity index (χ0v) is 16.2. The van der Waals surface area contributed by atoms with E-state index in [9.17, 15) is 23.3 Å². The van der Waals surface area contributed by atoms with Gasteiger partial charge in [0, 0.05) is 17.2 Å². The number of non-ortho nitro benzene ring substituents is 1. The lowest BCUT2D eigenvalue weighted by Gasteiger charge is -2.25. The number of nitrogens with zero attached hydrogens (tertiary/aromatic N) is 2. The van der Waals surface area contributed by atoms with Crippen LogP contribution in [0, 0.1) is 17.0 Å². The van der Waals surface area contributed by atoms with Gasteiger partial charge in [0.2, 0.25) is 0 Å². The number of sulfonamides is 1. The van der Waals surface area contributed by atoms with E-state index in [4.69, 9.17) is 16.3 Å². The van der Waals surface area contributed by atoms with Gasteiger partial charge in [-0.05, 0) is 43.7 Å². The Hall–Kier alpha value is -2.65. The van der Waals surface area contributed by atoms with Crippen molar-refractivity contribution in [3.05, 3.63) is 63.2 Å². The summed E-state index contributed by atoms with van der Waals surface area (Å²) in [6.07, 6.45) is 0. The van der Waals surface area contributed by atoms with Crippen LogP contribution < -0.4 is 4.31 Å². The molecule has 0 fully saturated rings. The van der Waals surface area contributed by atoms with Crippen LogP contribution >= 0.6 is 11.6 Å². The zero-order chi connectivity index (χ0) is 20.2. The summed E-state index contributed by atoms with van der Waals surface area (Å²) in [6, 6.07) is 9.08. The monoisotopic (exact) mass is 412 g/mol. The number of esters is 1. The van der Waals surface area contributed by atoms with Crippen LogP contribution in [0.4, 0.5) is 11.4 Å². The molecular weight excluding hydrogens is 396 g/mol. The molecular formula is C17H17ClN2O6S. The van der Waals surface area contributed by atoms with Crippen molar-refractivity contribution in [3.8, 4) is 0 Å². The molecule has 27 heavy (non-hydrogen) atoms. The highest BCUT2D eigenvalue weighted by atomic mass is 35.5. The third-order valence-corrected chi connectivity index (χ3v) is 5.90. The van der Waals surface area contributed by atoms with Crippen molar-refractivity contribution in [2.24, 2.45) is 0 Å². The SMILES string of the molecule is CCOC(=O)CN(c1cccc(Cl)c1C)S(=O)(=O)c1ccc([N+](=O)[O-])cc1. The summed E-state index contributed by atoms with van der Waals surface area (Å²) in [5.74, 6) is -0.734. The zero-order valence-electron chi connectivity index (χ0n) is 14.6. The highest BCUT2D eigenvalue weighted by molar-refractivity contribution is 7.92. The van der Waals surface area contributed by atoms with Gasteiger partial charge in [0.05, 0.1) is 22.1 Å². The lowest BCUT2D eigenvalue weighted by Crippen LogP contribution is -2.37. The molecule has 0 aliphatic heterocycles. The molecule has 0 aliphatic rings. The summed E-state index contributed by atoms with van der Waals surface area (Å²) < 4.78 is 32.0. The third-order valence-electron chi connectivity index (χ3n) is 3.72. The van der Waals surface area contributed by atoms with Crippen molar-refractivity contribution in [1.82, 2.24) is 0 Å². The number of hydrogen-bond acceptors (Lipinski definition) is 6. The van der Waals surface area contributed by atoms with Crippen molar-refractivity contribution >= 4 is 39.0 Å². The maximum absolute atomic E-state index is 13.1. The van der Waals surface area contributed by atoms with Gasteiger partial charge in [0.25, 0.3) is 15.7 Å². The highest BCUT2D eigenvalue weighted by Crippen LogP contribution is 2.31. The Morgan fingerprint density at radius 2 is 1.85 bits per heavy atom. The number of ether oxygens (including phenoxy) is 1. The minimum Gasteiger partial charge on any atom is -0.465 e. The Kier molecular flexibility index (Phi) is 6.40. The van der Waals surface area contributed by atoms with Crippen LogP contribution in [0.1, 0.15) is 12.5 Å². The van der Waals surface area contributed by atoms with Crippen molar-refractivity contribution in [2.75, 3.05) is 17.5 Å². The highest BCUT2D eigenvalue weighted by Gasteiger charge is 2.29. The molecule has 0 heterocycles. The first-order chi connectivity index (χ1) is 12.7. The lowest BCUT2D eigenvalue weighted by molar-refractivity contribution is -0.384. The summed E-state index contributed by atoms with van der Waals surface area (Å²) in [5.41, 5.74) is 0.438. The Bertz CT molecular complexity index is 960. The molecule has 0 atom stereocenters. The number of carbonyl (C=O) groups is 1. The standard InChI is InChI=1S/C17H17ClN2O6S/c1-3-26-17(21)11-19(16-6-4-5-15(18)12(16)2)27(24,25)14-9-7-13(8-10-14)20(22)23/h4-10H,3,11H2,1-2H3. The van der Waals surface area contributed by atoms with Gasteiger partial charge < -0.3 is 4.74 Å². The van der Waals surface area contributed by atoms with E-state index in [1.54, 1.807) is 26.0 Å². The normalized spacial score (nSPS) is 11.1. The fourth-order valence-electron chi connectivity index (χ4n) is 2.36. The molecule has 0 radical (unpaired) electrons. The molecule has 0 bridgehead atoms. The van der Waals surface area contributed by atoms with E-state index in [0.29, 0.717) is 10.6 Å². The second-order valence-corrected chi connectivity index (χ2v) is 7.72. The van der Waals surface area contributed by atoms with Gasteiger partial charge in [0.15, 0.2) is 0 Å². The lowest BCUT2D eigenvalue weighted by atomic mass is 10.2. The minimum absolute atomic E-state index is 0.0960. The largest absolute Gasteiger partial charge is 0.465 e. The molecule has 2 aromatic rings. The quantitative estimate of drug-likeness (QED) is 0.392. The van der Waals surface area contributed by atoms with E-state index in [0.717, 1.165) is 28.6 Å². The maximum Gasteiger partial charge on any atom is 0.326 e. The Balaban J connectivity index is 2.55. The first-order valence-electron chi connectivity index (χ1n) is 7.86. The molecule has 8 nitrogen and oxygen atoms in total. The predicted molar refractivity (Wildman–Crippen MR) is 100 cm³/mol. The third kappa shape index (κ3) is 4.55. The van der Waals surface area contributed by atoms with Crippen molar-refractivity contribution in [3.63, 3.8) is 0 Å². The van der Waals surface area contributed by atoms with Crippen molar-refractivity contribution < 1.29 is 22.9 Å². The molecule has 2 rings (SSSR count).